The zero-order valence-electron chi connectivity index (χ0n) is 8.92. The van der Waals surface area contributed by atoms with Gasteiger partial charge in [0.05, 0.1) is 6.42 Å². The molecule has 0 heterocycles. The van der Waals surface area contributed by atoms with E-state index in [0.717, 1.165) is 12.1 Å². The molecule has 0 bridgehead atoms. The molecule has 1 aromatic carbocycles. The summed E-state index contributed by atoms with van der Waals surface area (Å²) in [6, 6.07) is 1.89. The van der Waals surface area contributed by atoms with Crippen molar-refractivity contribution in [1.82, 2.24) is 0 Å². The maximum absolute atomic E-state index is 13.1. The molecule has 0 aliphatic heterocycles. The number of aromatic hydroxyl groups is 1. The van der Waals surface area contributed by atoms with Crippen molar-refractivity contribution in [2.24, 2.45) is 0 Å². The van der Waals surface area contributed by atoms with Crippen LogP contribution >= 0.6 is 0 Å². The van der Waals surface area contributed by atoms with E-state index in [9.17, 15) is 13.6 Å². The molecular formula is C11H12F2O3. The minimum absolute atomic E-state index is 0.197. The lowest BCUT2D eigenvalue weighted by Gasteiger charge is -2.23. The van der Waals surface area contributed by atoms with Gasteiger partial charge in [0.25, 0.3) is 0 Å². The number of carboxylic acids is 1. The Morgan fingerprint density at radius 2 is 1.75 bits per heavy atom. The molecule has 2 N–H and O–H groups in total. The smallest absolute Gasteiger partial charge is 0.304 e. The molecule has 0 spiro atoms. The molecule has 1 aromatic rings. The molecule has 0 aromatic heterocycles. The van der Waals surface area contributed by atoms with E-state index >= 15 is 0 Å². The first-order valence-corrected chi connectivity index (χ1v) is 4.64. The molecule has 0 saturated carbocycles. The normalized spacial score (nSPS) is 11.5. The van der Waals surface area contributed by atoms with Gasteiger partial charge in [-0.15, -0.1) is 0 Å². The molecule has 0 aliphatic carbocycles. The number of hydrogen-bond acceptors (Lipinski definition) is 2. The summed E-state index contributed by atoms with van der Waals surface area (Å²) in [7, 11) is 0. The highest BCUT2D eigenvalue weighted by Gasteiger charge is 2.26. The number of carboxylic acid groups (broad SMARTS) is 1. The summed E-state index contributed by atoms with van der Waals surface area (Å²) < 4.78 is 26.1. The average molecular weight is 230 g/mol. The van der Waals surface area contributed by atoms with E-state index in [1.165, 1.54) is 0 Å². The van der Waals surface area contributed by atoms with Crippen molar-refractivity contribution in [3.05, 3.63) is 29.3 Å². The first-order chi connectivity index (χ1) is 7.24. The first-order valence-electron chi connectivity index (χ1n) is 4.64. The third-order valence-corrected chi connectivity index (χ3v) is 2.39. The Kier molecular flexibility index (Phi) is 3.16. The van der Waals surface area contributed by atoms with Crippen molar-refractivity contribution >= 4 is 5.97 Å². The molecule has 0 atom stereocenters. The lowest BCUT2D eigenvalue weighted by Crippen LogP contribution is -2.22. The number of carbonyl (C=O) groups is 1. The van der Waals surface area contributed by atoms with Gasteiger partial charge in [-0.2, -0.15) is 0 Å². The van der Waals surface area contributed by atoms with Gasteiger partial charge in [-0.3, -0.25) is 4.79 Å². The van der Waals surface area contributed by atoms with Crippen LogP contribution < -0.4 is 0 Å². The fourth-order valence-electron chi connectivity index (χ4n) is 1.44. The van der Waals surface area contributed by atoms with Gasteiger partial charge in [0.1, 0.15) is 0 Å². The van der Waals surface area contributed by atoms with Crippen LogP contribution in [0.3, 0.4) is 0 Å². The standard InChI is InChI=1S/C11H12F2O3/c1-11(2,5-9(14)15)6-3-7(12)10(16)8(13)4-6/h3-4,16H,5H2,1-2H3,(H,14,15). The predicted molar refractivity (Wildman–Crippen MR) is 53.3 cm³/mol. The number of phenolic OH excluding ortho intramolecular Hbond substituents is 1. The van der Waals surface area contributed by atoms with Crippen molar-refractivity contribution < 1.29 is 23.8 Å². The Morgan fingerprint density at radius 1 is 1.31 bits per heavy atom. The van der Waals surface area contributed by atoms with Crippen molar-refractivity contribution in [1.29, 1.82) is 0 Å². The zero-order valence-corrected chi connectivity index (χ0v) is 8.92. The Balaban J connectivity index is 3.18. The Hall–Kier alpha value is -1.65. The molecule has 88 valence electrons. The fourth-order valence-corrected chi connectivity index (χ4v) is 1.44. The predicted octanol–water partition coefficient (Wildman–Crippen LogP) is 2.42. The summed E-state index contributed by atoms with van der Waals surface area (Å²) in [6.45, 7) is 3.12. The Bertz CT molecular complexity index is 404. The quantitative estimate of drug-likeness (QED) is 0.838. The number of rotatable bonds is 3. The summed E-state index contributed by atoms with van der Waals surface area (Å²) in [5.74, 6) is -4.28. The minimum atomic E-state index is -1.09. The van der Waals surface area contributed by atoms with E-state index in [-0.39, 0.29) is 12.0 Å². The van der Waals surface area contributed by atoms with Crippen LogP contribution in [0.5, 0.6) is 5.75 Å². The van der Waals surface area contributed by atoms with Crippen molar-refractivity contribution in [3.63, 3.8) is 0 Å². The van der Waals surface area contributed by atoms with Crippen molar-refractivity contribution in [3.8, 4) is 5.75 Å². The molecule has 1 rings (SSSR count). The van der Waals surface area contributed by atoms with Gasteiger partial charge in [0.15, 0.2) is 17.4 Å². The van der Waals surface area contributed by atoms with E-state index in [1.54, 1.807) is 13.8 Å². The highest BCUT2D eigenvalue weighted by atomic mass is 19.1. The number of halogens is 2. The van der Waals surface area contributed by atoms with Crippen LogP contribution in [0.25, 0.3) is 0 Å². The van der Waals surface area contributed by atoms with E-state index < -0.39 is 28.8 Å². The van der Waals surface area contributed by atoms with Gasteiger partial charge in [-0.05, 0) is 17.7 Å². The van der Waals surface area contributed by atoms with Crippen molar-refractivity contribution in [2.45, 2.75) is 25.7 Å². The second kappa shape index (κ2) is 4.08. The highest BCUT2D eigenvalue weighted by Crippen LogP contribution is 2.31. The van der Waals surface area contributed by atoms with Crippen LogP contribution in [0.2, 0.25) is 0 Å². The molecule has 16 heavy (non-hydrogen) atoms. The molecular weight excluding hydrogens is 218 g/mol. The van der Waals surface area contributed by atoms with Gasteiger partial charge >= 0.3 is 5.97 Å². The highest BCUT2D eigenvalue weighted by molar-refractivity contribution is 5.68. The number of aliphatic carboxylic acids is 1. The minimum Gasteiger partial charge on any atom is -0.503 e. The van der Waals surface area contributed by atoms with Crippen molar-refractivity contribution in [2.75, 3.05) is 0 Å². The number of phenols is 1. The molecule has 0 radical (unpaired) electrons. The Morgan fingerprint density at radius 3 is 2.12 bits per heavy atom. The molecule has 0 saturated heterocycles. The summed E-state index contributed by atoms with van der Waals surface area (Å²) in [6.07, 6.45) is -0.253. The largest absolute Gasteiger partial charge is 0.503 e. The van der Waals surface area contributed by atoms with E-state index in [1.807, 2.05) is 0 Å². The summed E-state index contributed by atoms with van der Waals surface area (Å²) >= 11 is 0. The second-order valence-corrected chi connectivity index (χ2v) is 4.24. The zero-order chi connectivity index (χ0) is 12.5. The topological polar surface area (TPSA) is 57.5 Å². The van der Waals surface area contributed by atoms with Crippen LogP contribution in [0.1, 0.15) is 25.8 Å². The van der Waals surface area contributed by atoms with E-state index in [2.05, 4.69) is 0 Å². The molecule has 5 heteroatoms. The molecule has 0 unspecified atom stereocenters. The van der Waals surface area contributed by atoms with E-state index in [0.29, 0.717) is 0 Å². The Labute approximate surface area is 91.3 Å². The molecule has 0 amide bonds. The lowest BCUT2D eigenvalue weighted by atomic mass is 9.81. The second-order valence-electron chi connectivity index (χ2n) is 4.24. The average Bonchev–Trinajstić information content (AvgIpc) is 2.11. The maximum atomic E-state index is 13.1. The third-order valence-electron chi connectivity index (χ3n) is 2.39. The number of hydrogen-bond donors (Lipinski definition) is 2. The van der Waals surface area contributed by atoms with Gasteiger partial charge in [0, 0.05) is 5.41 Å². The molecule has 0 fully saturated rings. The molecule has 3 nitrogen and oxygen atoms in total. The van der Waals surface area contributed by atoms with Crippen LogP contribution in [0, 0.1) is 11.6 Å². The SMILES string of the molecule is CC(C)(CC(=O)O)c1cc(F)c(O)c(F)c1. The summed E-state index contributed by atoms with van der Waals surface area (Å²) in [5, 5.41) is 17.6. The molecule has 0 aliphatic rings. The maximum Gasteiger partial charge on any atom is 0.304 e. The van der Waals surface area contributed by atoms with Gasteiger partial charge < -0.3 is 10.2 Å². The first kappa shape index (κ1) is 12.4. The fraction of sp³-hybridized carbons (Fsp3) is 0.364. The van der Waals surface area contributed by atoms with Crippen LogP contribution in [-0.4, -0.2) is 16.2 Å². The van der Waals surface area contributed by atoms with Crippen LogP contribution in [0.4, 0.5) is 8.78 Å². The summed E-state index contributed by atoms with van der Waals surface area (Å²) in [5.41, 5.74) is -0.705. The van der Waals surface area contributed by atoms with Crippen LogP contribution in [0.15, 0.2) is 12.1 Å². The summed E-state index contributed by atoms with van der Waals surface area (Å²) in [4.78, 5) is 10.6. The van der Waals surface area contributed by atoms with E-state index in [4.69, 9.17) is 10.2 Å². The van der Waals surface area contributed by atoms with Crippen LogP contribution in [-0.2, 0) is 10.2 Å². The number of benzene rings is 1. The lowest BCUT2D eigenvalue weighted by molar-refractivity contribution is -0.138. The van der Waals surface area contributed by atoms with Gasteiger partial charge in [0.2, 0.25) is 0 Å². The third kappa shape index (κ3) is 2.48. The monoisotopic (exact) mass is 230 g/mol. The van der Waals surface area contributed by atoms with Gasteiger partial charge in [-0.1, -0.05) is 13.8 Å². The van der Waals surface area contributed by atoms with Gasteiger partial charge in [-0.25, -0.2) is 8.78 Å².